The van der Waals surface area contributed by atoms with Gasteiger partial charge in [-0.3, -0.25) is 8.37 Å². The van der Waals surface area contributed by atoms with E-state index in [0.717, 1.165) is 71.1 Å². The van der Waals surface area contributed by atoms with E-state index in [1.807, 2.05) is 133 Å². The van der Waals surface area contributed by atoms with Crippen LogP contribution in [0, 0.1) is 0 Å². The number of carbonyl (C=O) groups excluding carboxylic acids is 6. The molecule has 1 unspecified atom stereocenters. The highest BCUT2D eigenvalue weighted by Gasteiger charge is 2.50. The molecule has 11 rings (SSSR count). The Morgan fingerprint density at radius 2 is 0.854 bits per heavy atom. The first-order valence-corrected chi connectivity index (χ1v) is 31.2. The van der Waals surface area contributed by atoms with Crippen LogP contribution in [-0.4, -0.2) is 137 Å². The van der Waals surface area contributed by atoms with Crippen LogP contribution < -0.4 is 5.32 Å². The van der Waals surface area contributed by atoms with Crippen molar-refractivity contribution in [1.82, 2.24) is 13.9 Å². The number of alkyl carbamates (subject to hydrolysis) is 1. The molecule has 0 radical (unpaired) electrons. The molecule has 0 saturated carbocycles. The third-order valence-corrected chi connectivity index (χ3v) is 17.0. The monoisotopic (exact) mass is 1260 g/mol. The van der Waals surface area contributed by atoms with E-state index in [1.165, 1.54) is 0 Å². The summed E-state index contributed by atoms with van der Waals surface area (Å²) in [6.45, 7) is 14.1. The van der Waals surface area contributed by atoms with Crippen LogP contribution in [0.15, 0.2) is 146 Å². The first-order valence-electron chi connectivity index (χ1n) is 28.8. The van der Waals surface area contributed by atoms with Gasteiger partial charge in [-0.15, -0.1) is 0 Å². The average Bonchev–Trinajstić information content (AvgIpc) is 1.68. The molecular formula is C66H71N3O18S2. The first-order chi connectivity index (χ1) is 42.1. The molecule has 23 heteroatoms. The molecule has 5 aliphatic rings. The Bertz CT molecular complexity index is 3660. The van der Waals surface area contributed by atoms with Gasteiger partial charge in [-0.05, 0) is 129 Å². The van der Waals surface area contributed by atoms with Crippen molar-refractivity contribution in [3.8, 4) is 33.4 Å². The van der Waals surface area contributed by atoms with Crippen LogP contribution in [0.1, 0.15) is 113 Å². The predicted octanol–water partition coefficient (Wildman–Crippen LogP) is 10.0. The van der Waals surface area contributed by atoms with Crippen molar-refractivity contribution < 1.29 is 83.3 Å². The number of nitrogens with one attached hydrogen (secondary N) is 1. The number of carbonyl (C=O) groups is 6. The minimum absolute atomic E-state index is 0.0571. The van der Waals surface area contributed by atoms with Gasteiger partial charge in [0.25, 0.3) is 11.3 Å². The molecule has 0 spiro atoms. The predicted molar refractivity (Wildman–Crippen MR) is 327 cm³/mol. The van der Waals surface area contributed by atoms with Gasteiger partial charge in [0.1, 0.15) is 43.2 Å². The molecule has 0 bridgehead atoms. The number of amides is 3. The van der Waals surface area contributed by atoms with E-state index in [0.29, 0.717) is 4.31 Å². The summed E-state index contributed by atoms with van der Waals surface area (Å²) in [7, 11) is -4.44. The van der Waals surface area contributed by atoms with Crippen molar-refractivity contribution in [2.24, 2.45) is 0 Å². The Balaban J connectivity index is 0.000000159. The molecule has 89 heavy (non-hydrogen) atoms. The van der Waals surface area contributed by atoms with E-state index in [1.54, 1.807) is 62.3 Å². The molecule has 6 aromatic carbocycles. The number of rotatable bonds is 11. The fourth-order valence-electron chi connectivity index (χ4n) is 10.9. The Morgan fingerprint density at radius 3 is 1.21 bits per heavy atom. The van der Waals surface area contributed by atoms with Crippen LogP contribution in [0.4, 0.5) is 14.4 Å². The smallest absolute Gasteiger partial charge is 0.426 e. The van der Waals surface area contributed by atoms with Crippen molar-refractivity contribution in [1.29, 1.82) is 0 Å². The second kappa shape index (κ2) is 26.7. The standard InChI is InChI=1S/C22H23NO7S.C22H23NO6S.C22H25NO5/c1-22(2,3)30-20(24)19-13-29-31(26,27)23(19)21(25)28-12-18-16-10-6-4-8-14(16)15-9-5-7-11-17(15)18;1-22(2,3)29-20(24)19-13-28-30(26)23(19)21(25)27-12-18-16-10-6-4-8-14(16)15-9-5-7-11-17(15)18;1-22(2,3)28-20(25)19(12-24)23-21(26)27-13-18-16-10-6-4-8-14(16)15-9-5-7-11-17(15)18/h4-11,18-19H,12-13H2,1-3H3;4-11,18-19H,12-13H2,1-3H3;4-11,18-19,24H,12-13H2,1-3H3,(H,23,26)/t19-;19-,30?;19-/m000/s1. The Kier molecular flexibility index (Phi) is 19.5. The largest absolute Gasteiger partial charge is 0.458 e. The van der Waals surface area contributed by atoms with Gasteiger partial charge in [-0.25, -0.2) is 33.0 Å². The van der Waals surface area contributed by atoms with Gasteiger partial charge in [-0.1, -0.05) is 146 Å². The lowest BCUT2D eigenvalue weighted by Crippen LogP contribution is -2.46. The van der Waals surface area contributed by atoms with Crippen LogP contribution in [0.2, 0.25) is 0 Å². The summed E-state index contributed by atoms with van der Waals surface area (Å²) in [6.07, 6.45) is -2.81. The van der Waals surface area contributed by atoms with Gasteiger partial charge in [0, 0.05) is 17.8 Å². The lowest BCUT2D eigenvalue weighted by atomic mass is 9.98. The lowest BCUT2D eigenvalue weighted by molar-refractivity contribution is -0.160. The number of fused-ring (bicyclic) bond motifs is 9. The van der Waals surface area contributed by atoms with E-state index < -0.39 is 106 Å². The Labute approximate surface area is 519 Å². The molecule has 2 N–H and O–H groups in total. The minimum atomic E-state index is -4.44. The maximum absolute atomic E-state index is 12.8. The molecule has 6 aromatic rings. The highest BCUT2D eigenvalue weighted by Crippen LogP contribution is 2.47. The molecular weight excluding hydrogens is 1190 g/mol. The minimum Gasteiger partial charge on any atom is -0.458 e. The fourth-order valence-corrected chi connectivity index (χ4v) is 12.9. The number of hydrogen-bond donors (Lipinski definition) is 2. The topological polar surface area (TPSA) is 266 Å². The number of ether oxygens (including phenoxy) is 6. The van der Waals surface area contributed by atoms with Gasteiger partial charge < -0.3 is 38.8 Å². The van der Waals surface area contributed by atoms with Crippen LogP contribution >= 0.6 is 0 Å². The van der Waals surface area contributed by atoms with Gasteiger partial charge >= 0.3 is 46.5 Å². The van der Waals surface area contributed by atoms with Crippen LogP contribution in [-0.2, 0) is 72.7 Å². The summed E-state index contributed by atoms with van der Waals surface area (Å²) in [5.41, 5.74) is 10.6. The van der Waals surface area contributed by atoms with Crippen LogP contribution in [0.3, 0.4) is 0 Å². The van der Waals surface area contributed by atoms with Crippen molar-refractivity contribution >= 4 is 57.8 Å². The molecule has 21 nitrogen and oxygen atoms in total. The van der Waals surface area contributed by atoms with E-state index in [2.05, 4.69) is 17.4 Å². The Hall–Kier alpha value is -8.48. The normalized spacial score (nSPS) is 18.2. The number of benzene rings is 6. The summed E-state index contributed by atoms with van der Waals surface area (Å²) in [5.74, 6) is -2.72. The SMILES string of the molecule is CC(C)(C)OC(=O)[C@@H]1COS(=O)(=O)N1C(=O)OCC1c2ccccc2-c2ccccc21.CC(C)(C)OC(=O)[C@@H]1COS(=O)N1C(=O)OCC1c2ccccc2-c2ccccc21.CC(C)(C)OC(=O)[C@H](CO)NC(=O)OCC1c2ccccc2-c2ccccc21. The maximum atomic E-state index is 12.8. The van der Waals surface area contributed by atoms with E-state index in [-0.39, 0.29) is 44.2 Å². The zero-order valence-corrected chi connectivity index (χ0v) is 52.3. The summed E-state index contributed by atoms with van der Waals surface area (Å²) in [5, 5.41) is 11.8. The summed E-state index contributed by atoms with van der Waals surface area (Å²) >= 11 is -2.11. The third-order valence-electron chi connectivity index (χ3n) is 14.6. The molecule has 0 aromatic heterocycles. The second-order valence-electron chi connectivity index (χ2n) is 24.3. The molecule has 2 heterocycles. The maximum Gasteiger partial charge on any atom is 0.426 e. The van der Waals surface area contributed by atoms with Crippen LogP contribution in [0.25, 0.3) is 33.4 Å². The Morgan fingerprint density at radius 1 is 0.517 bits per heavy atom. The zero-order chi connectivity index (χ0) is 64.2. The lowest BCUT2D eigenvalue weighted by Gasteiger charge is -2.25. The number of nitrogens with zero attached hydrogens (tertiary/aromatic N) is 2. The second-order valence-corrected chi connectivity index (χ2v) is 26.9. The number of aliphatic hydroxyl groups excluding tert-OH is 1. The van der Waals surface area contributed by atoms with Gasteiger partial charge in [0.05, 0.1) is 13.2 Å². The van der Waals surface area contributed by atoms with Crippen molar-refractivity contribution in [3.05, 3.63) is 179 Å². The van der Waals surface area contributed by atoms with E-state index >= 15 is 0 Å². The quantitative estimate of drug-likeness (QED) is 0.0902. The highest BCUT2D eigenvalue weighted by atomic mass is 32.2. The first kappa shape index (κ1) is 65.0. The van der Waals surface area contributed by atoms with Crippen molar-refractivity contribution in [2.75, 3.05) is 39.6 Å². The average molecular weight is 1260 g/mol. The molecule has 3 amide bonds. The molecule has 2 fully saturated rings. The molecule has 2 aliphatic heterocycles. The van der Waals surface area contributed by atoms with Gasteiger partial charge in [-0.2, -0.15) is 17.0 Å². The van der Waals surface area contributed by atoms with E-state index in [4.69, 9.17) is 36.8 Å². The summed E-state index contributed by atoms with van der Waals surface area (Å²) < 4.78 is 79.6. The summed E-state index contributed by atoms with van der Waals surface area (Å²) in [6, 6.07) is 43.8. The highest BCUT2D eigenvalue weighted by molar-refractivity contribution is 7.85. The zero-order valence-electron chi connectivity index (χ0n) is 50.7. The number of aliphatic hydroxyl groups is 1. The number of esters is 3. The molecule has 4 atom stereocenters. The molecule has 3 aliphatic carbocycles. The number of hydrogen-bond acceptors (Lipinski definition) is 18. The van der Waals surface area contributed by atoms with E-state index in [9.17, 15) is 46.5 Å². The van der Waals surface area contributed by atoms with Crippen molar-refractivity contribution in [2.45, 2.75) is 115 Å². The molecule has 2 saturated heterocycles. The molecule has 470 valence electrons. The summed E-state index contributed by atoms with van der Waals surface area (Å²) in [4.78, 5) is 74.6. The third kappa shape index (κ3) is 15.0. The van der Waals surface area contributed by atoms with Crippen molar-refractivity contribution in [3.63, 3.8) is 0 Å². The van der Waals surface area contributed by atoms with Gasteiger partial charge in [0.2, 0.25) is 0 Å². The fraction of sp³-hybridized carbons (Fsp3) is 0.364. The van der Waals surface area contributed by atoms with Crippen LogP contribution in [0.5, 0.6) is 0 Å². The van der Waals surface area contributed by atoms with Gasteiger partial charge in [0.15, 0.2) is 18.1 Å².